The van der Waals surface area contributed by atoms with Crippen LogP contribution in [-0.2, 0) is 23.9 Å². The fourth-order valence-electron chi connectivity index (χ4n) is 3.54. The summed E-state index contributed by atoms with van der Waals surface area (Å²) in [7, 11) is 0. The maximum Gasteiger partial charge on any atom is 0.343 e. The van der Waals surface area contributed by atoms with Gasteiger partial charge in [-0.25, -0.2) is 9.59 Å². The van der Waals surface area contributed by atoms with Gasteiger partial charge >= 0.3 is 11.9 Å². The Labute approximate surface area is 181 Å². The minimum absolute atomic E-state index is 0.0215. The lowest BCUT2D eigenvalue weighted by atomic mass is 9.91. The zero-order valence-corrected chi connectivity index (χ0v) is 18.1. The summed E-state index contributed by atoms with van der Waals surface area (Å²) in [5.41, 5.74) is -1.14. The molecule has 0 fully saturated rings. The van der Waals surface area contributed by atoms with E-state index in [0.717, 1.165) is 0 Å². The third kappa shape index (κ3) is 5.28. The average molecular weight is 432 g/mol. The van der Waals surface area contributed by atoms with Crippen LogP contribution in [0, 0.1) is 0 Å². The number of fused-ring (bicyclic) bond motifs is 1. The van der Waals surface area contributed by atoms with Crippen LogP contribution in [0.15, 0.2) is 24.3 Å². The Morgan fingerprint density at radius 1 is 0.903 bits per heavy atom. The number of nitrogens with zero attached hydrogens (tertiary/aromatic N) is 1. The zero-order chi connectivity index (χ0) is 23.0. The number of hydrogen-bond acceptors (Lipinski definition) is 7. The van der Waals surface area contributed by atoms with Crippen LogP contribution in [0.5, 0.6) is 0 Å². The van der Waals surface area contributed by atoms with Crippen molar-refractivity contribution in [2.45, 2.75) is 52.0 Å². The first kappa shape index (κ1) is 24.0. The van der Waals surface area contributed by atoms with Gasteiger partial charge in [0.1, 0.15) is 0 Å². The van der Waals surface area contributed by atoms with Gasteiger partial charge in [0.05, 0.1) is 24.3 Å². The molecule has 9 heteroatoms. The lowest BCUT2D eigenvalue weighted by Crippen LogP contribution is -2.61. The first-order valence-electron chi connectivity index (χ1n) is 10.4. The predicted octanol–water partition coefficient (Wildman–Crippen LogP) is 1.84. The highest BCUT2D eigenvalue weighted by Gasteiger charge is 2.49. The molecular weight excluding hydrogens is 404 g/mol. The maximum absolute atomic E-state index is 12.6. The monoisotopic (exact) mass is 432 g/mol. The number of carbonyl (C=O) groups excluding carboxylic acids is 5. The number of benzene rings is 1. The fourth-order valence-corrected chi connectivity index (χ4v) is 3.54. The highest BCUT2D eigenvalue weighted by atomic mass is 16.6. The number of ether oxygens (including phenoxy) is 2. The fraction of sp³-hybridized carbons (Fsp3) is 0.500. The first-order valence-corrected chi connectivity index (χ1v) is 10.4. The second kappa shape index (κ2) is 10.7. The second-order valence-corrected chi connectivity index (χ2v) is 7.15. The third-order valence-electron chi connectivity index (χ3n) is 4.95. The topological polar surface area (TPSA) is 119 Å². The molecule has 0 atom stereocenters. The summed E-state index contributed by atoms with van der Waals surface area (Å²) in [5.74, 6) is -2.96. The van der Waals surface area contributed by atoms with Crippen LogP contribution in [0.3, 0.4) is 0 Å². The van der Waals surface area contributed by atoms with Crippen LogP contribution in [-0.4, -0.2) is 59.9 Å². The van der Waals surface area contributed by atoms with Crippen LogP contribution < -0.4 is 5.32 Å². The summed E-state index contributed by atoms with van der Waals surface area (Å²) in [6.07, 6.45) is 1.33. The summed E-state index contributed by atoms with van der Waals surface area (Å²) in [5, 5.41) is 2.41. The number of unbranched alkanes of at least 4 members (excludes halogenated alkanes) is 2. The summed E-state index contributed by atoms with van der Waals surface area (Å²) < 4.78 is 10.1. The molecule has 2 rings (SSSR count). The Balaban J connectivity index is 2.00. The number of amides is 3. The van der Waals surface area contributed by atoms with Gasteiger partial charge in [-0.2, -0.15) is 0 Å². The van der Waals surface area contributed by atoms with E-state index in [-0.39, 0.29) is 38.0 Å². The van der Waals surface area contributed by atoms with Crippen LogP contribution in [0.25, 0.3) is 0 Å². The minimum Gasteiger partial charge on any atom is -0.464 e. The number of rotatable bonds is 11. The Hall–Kier alpha value is -3.23. The summed E-state index contributed by atoms with van der Waals surface area (Å²) >= 11 is 0. The minimum atomic E-state index is -1.92. The third-order valence-corrected chi connectivity index (χ3v) is 4.95. The van der Waals surface area contributed by atoms with Gasteiger partial charge in [0.25, 0.3) is 11.8 Å². The van der Waals surface area contributed by atoms with Gasteiger partial charge in [-0.1, -0.05) is 18.6 Å². The van der Waals surface area contributed by atoms with Crippen LogP contribution in [0.1, 0.15) is 67.2 Å². The van der Waals surface area contributed by atoms with E-state index in [1.165, 1.54) is 11.8 Å². The van der Waals surface area contributed by atoms with Crippen molar-refractivity contribution in [3.05, 3.63) is 35.4 Å². The highest BCUT2D eigenvalue weighted by molar-refractivity contribution is 6.21. The number of nitrogens with one attached hydrogen (secondary N) is 1. The summed E-state index contributed by atoms with van der Waals surface area (Å²) in [6.45, 7) is 4.71. The molecule has 1 aromatic rings. The zero-order valence-electron chi connectivity index (χ0n) is 18.1. The van der Waals surface area contributed by atoms with Crippen molar-refractivity contribution in [2.75, 3.05) is 19.8 Å². The van der Waals surface area contributed by atoms with Crippen molar-refractivity contribution >= 4 is 29.7 Å². The molecule has 1 aliphatic rings. The molecule has 0 aliphatic carbocycles. The van der Waals surface area contributed by atoms with Gasteiger partial charge in [0.2, 0.25) is 11.4 Å². The Kier molecular flexibility index (Phi) is 8.30. The molecule has 168 valence electrons. The number of esters is 2. The Morgan fingerprint density at radius 2 is 1.42 bits per heavy atom. The van der Waals surface area contributed by atoms with Crippen LogP contribution in [0.4, 0.5) is 0 Å². The van der Waals surface area contributed by atoms with E-state index in [1.807, 2.05) is 0 Å². The van der Waals surface area contributed by atoms with E-state index in [4.69, 9.17) is 9.47 Å². The summed E-state index contributed by atoms with van der Waals surface area (Å²) in [4.78, 5) is 62.9. The molecule has 31 heavy (non-hydrogen) atoms. The molecule has 0 radical (unpaired) electrons. The van der Waals surface area contributed by atoms with Crippen molar-refractivity contribution in [3.63, 3.8) is 0 Å². The van der Waals surface area contributed by atoms with E-state index in [1.54, 1.807) is 38.1 Å². The van der Waals surface area contributed by atoms with E-state index >= 15 is 0 Å². The van der Waals surface area contributed by atoms with Gasteiger partial charge in [-0.3, -0.25) is 19.3 Å². The van der Waals surface area contributed by atoms with E-state index in [2.05, 4.69) is 5.32 Å². The van der Waals surface area contributed by atoms with Gasteiger partial charge in [-0.05, 0) is 45.2 Å². The predicted molar refractivity (Wildman–Crippen MR) is 110 cm³/mol. The highest BCUT2D eigenvalue weighted by Crippen LogP contribution is 2.24. The molecule has 0 saturated carbocycles. The van der Waals surface area contributed by atoms with Crippen molar-refractivity contribution in [1.29, 1.82) is 0 Å². The molecule has 0 bridgehead atoms. The van der Waals surface area contributed by atoms with E-state index < -0.39 is 23.4 Å². The van der Waals surface area contributed by atoms with Gasteiger partial charge in [-0.15, -0.1) is 0 Å². The molecule has 0 spiro atoms. The molecule has 1 heterocycles. The van der Waals surface area contributed by atoms with Gasteiger partial charge in [0, 0.05) is 13.5 Å². The van der Waals surface area contributed by atoms with Gasteiger partial charge in [0.15, 0.2) is 0 Å². The molecular formula is C22H28N2O7. The molecule has 3 amide bonds. The maximum atomic E-state index is 12.6. The average Bonchev–Trinajstić information content (AvgIpc) is 2.97. The largest absolute Gasteiger partial charge is 0.464 e. The van der Waals surface area contributed by atoms with Crippen LogP contribution >= 0.6 is 0 Å². The van der Waals surface area contributed by atoms with E-state index in [9.17, 15) is 24.0 Å². The standard InChI is InChI=1S/C22H28N2O7/c1-4-30-20(28)22(23-15(3)25,21(29)31-5-2)13-9-6-10-14-24-18(26)16-11-7-8-12-17(16)19(24)27/h7-8,11-12H,4-6,9-10,13-14H2,1-3H3,(H,23,25). The van der Waals surface area contributed by atoms with Crippen molar-refractivity contribution in [3.8, 4) is 0 Å². The smallest absolute Gasteiger partial charge is 0.343 e. The molecule has 1 aliphatic heterocycles. The molecule has 0 saturated heterocycles. The van der Waals surface area contributed by atoms with Crippen molar-refractivity contribution < 1.29 is 33.4 Å². The lowest BCUT2D eigenvalue weighted by Gasteiger charge is -2.29. The molecule has 0 unspecified atom stereocenters. The van der Waals surface area contributed by atoms with Gasteiger partial charge < -0.3 is 14.8 Å². The van der Waals surface area contributed by atoms with Crippen molar-refractivity contribution in [2.24, 2.45) is 0 Å². The Bertz CT molecular complexity index is 812. The Morgan fingerprint density at radius 3 is 1.87 bits per heavy atom. The van der Waals surface area contributed by atoms with Crippen molar-refractivity contribution in [1.82, 2.24) is 10.2 Å². The van der Waals surface area contributed by atoms with Crippen LogP contribution in [0.2, 0.25) is 0 Å². The second-order valence-electron chi connectivity index (χ2n) is 7.15. The molecule has 1 aromatic carbocycles. The molecule has 0 aromatic heterocycles. The van der Waals surface area contributed by atoms with E-state index in [0.29, 0.717) is 30.4 Å². The number of hydrogen-bond donors (Lipinski definition) is 1. The molecule has 9 nitrogen and oxygen atoms in total. The lowest BCUT2D eigenvalue weighted by molar-refractivity contribution is -0.168. The first-order chi connectivity index (χ1) is 14.8. The number of carbonyl (C=O) groups is 5. The number of imide groups is 1. The summed E-state index contributed by atoms with van der Waals surface area (Å²) in [6, 6.07) is 6.66. The SMILES string of the molecule is CCOC(=O)C(CCCCCN1C(=O)c2ccccc2C1=O)(NC(C)=O)C(=O)OCC. The normalized spacial score (nSPS) is 13.1. The molecule has 1 N–H and O–H groups in total. The quantitative estimate of drug-likeness (QED) is 0.245.